The summed E-state index contributed by atoms with van der Waals surface area (Å²) in [4.78, 5) is 13.9. The van der Waals surface area contributed by atoms with Gasteiger partial charge in [0.1, 0.15) is 0 Å². The molecule has 1 saturated carbocycles. The van der Waals surface area contributed by atoms with Gasteiger partial charge in [-0.3, -0.25) is 9.69 Å². The first kappa shape index (κ1) is 13.8. The van der Waals surface area contributed by atoms with Crippen molar-refractivity contribution >= 4 is 5.97 Å². The van der Waals surface area contributed by atoms with E-state index in [0.717, 1.165) is 38.8 Å². The molecule has 4 nitrogen and oxygen atoms in total. The first-order valence-electron chi connectivity index (χ1n) is 7.07. The third kappa shape index (κ3) is 3.04. The normalized spacial score (nSPS) is 32.4. The molecule has 1 N–H and O–H groups in total. The zero-order valence-corrected chi connectivity index (χ0v) is 11.5. The molecule has 0 aromatic heterocycles. The smallest absolute Gasteiger partial charge is 0.310 e. The highest BCUT2D eigenvalue weighted by Crippen LogP contribution is 2.32. The van der Waals surface area contributed by atoms with Crippen LogP contribution in [0.25, 0.3) is 0 Å². The Bertz CT molecular complexity index is 299. The van der Waals surface area contributed by atoms with Gasteiger partial charge in [0.15, 0.2) is 0 Å². The zero-order chi connectivity index (χ0) is 13.2. The predicted molar refractivity (Wildman–Crippen MR) is 69.1 cm³/mol. The van der Waals surface area contributed by atoms with Crippen molar-refractivity contribution in [2.24, 2.45) is 11.8 Å². The van der Waals surface area contributed by atoms with Gasteiger partial charge in [0.2, 0.25) is 0 Å². The summed E-state index contributed by atoms with van der Waals surface area (Å²) in [5.41, 5.74) is -0.525. The number of β-amino-alcohol motifs (C(OH)–C–C–N with tert-alkyl or cyclic N) is 1. The van der Waals surface area contributed by atoms with Crippen molar-refractivity contribution in [2.45, 2.75) is 44.6 Å². The van der Waals surface area contributed by atoms with Crippen LogP contribution in [0, 0.1) is 11.8 Å². The van der Waals surface area contributed by atoms with Gasteiger partial charge in [-0.15, -0.1) is 0 Å². The van der Waals surface area contributed by atoms with Gasteiger partial charge in [-0.2, -0.15) is 0 Å². The minimum atomic E-state index is -0.525. The lowest BCUT2D eigenvalue weighted by Crippen LogP contribution is -2.43. The Labute approximate surface area is 109 Å². The van der Waals surface area contributed by atoms with Crippen molar-refractivity contribution < 1.29 is 14.6 Å². The quantitative estimate of drug-likeness (QED) is 0.775. The van der Waals surface area contributed by atoms with Crippen LogP contribution in [-0.2, 0) is 9.53 Å². The minimum absolute atomic E-state index is 0.0257. The number of esters is 1. The lowest BCUT2D eigenvalue weighted by Gasteiger charge is -2.35. The molecule has 0 bridgehead atoms. The van der Waals surface area contributed by atoms with E-state index in [-0.39, 0.29) is 11.9 Å². The molecule has 2 aliphatic rings. The molecule has 1 aliphatic carbocycles. The first-order valence-corrected chi connectivity index (χ1v) is 7.07. The Morgan fingerprint density at radius 2 is 2.00 bits per heavy atom. The molecule has 0 radical (unpaired) electrons. The van der Waals surface area contributed by atoms with Crippen molar-refractivity contribution in [3.05, 3.63) is 0 Å². The molecule has 104 valence electrons. The molecule has 0 aromatic rings. The number of carbonyl (C=O) groups is 1. The van der Waals surface area contributed by atoms with Crippen LogP contribution in [0.3, 0.4) is 0 Å². The second-order valence-corrected chi connectivity index (χ2v) is 6.09. The minimum Gasteiger partial charge on any atom is -0.469 e. The molecule has 2 fully saturated rings. The maximum Gasteiger partial charge on any atom is 0.310 e. The van der Waals surface area contributed by atoms with Gasteiger partial charge in [-0.1, -0.05) is 26.2 Å². The zero-order valence-electron chi connectivity index (χ0n) is 11.5. The molecule has 0 spiro atoms. The second kappa shape index (κ2) is 5.57. The predicted octanol–water partition coefficient (Wildman–Crippen LogP) is 1.42. The van der Waals surface area contributed by atoms with E-state index in [2.05, 4.69) is 11.8 Å². The molecule has 4 heteroatoms. The molecule has 1 aliphatic heterocycles. The summed E-state index contributed by atoms with van der Waals surface area (Å²) in [6.07, 6.45) is 5.30. The Hall–Kier alpha value is -0.610. The van der Waals surface area contributed by atoms with Gasteiger partial charge in [0.25, 0.3) is 0 Å². The molecule has 0 amide bonds. The number of ether oxygens (including phenoxy) is 1. The summed E-state index contributed by atoms with van der Waals surface area (Å²) in [5.74, 6) is 0.187. The first-order chi connectivity index (χ1) is 8.54. The van der Waals surface area contributed by atoms with E-state index in [1.54, 1.807) is 0 Å². The lowest BCUT2D eigenvalue weighted by atomic mass is 9.84. The number of rotatable bonds is 3. The van der Waals surface area contributed by atoms with Crippen LogP contribution in [0.4, 0.5) is 0 Å². The van der Waals surface area contributed by atoms with E-state index in [1.165, 1.54) is 13.5 Å². The summed E-state index contributed by atoms with van der Waals surface area (Å²) < 4.78 is 4.84. The highest BCUT2D eigenvalue weighted by Gasteiger charge is 2.39. The summed E-state index contributed by atoms with van der Waals surface area (Å²) >= 11 is 0. The maximum absolute atomic E-state index is 11.6. The molecule has 18 heavy (non-hydrogen) atoms. The fourth-order valence-corrected chi connectivity index (χ4v) is 3.44. The highest BCUT2D eigenvalue weighted by molar-refractivity contribution is 5.73. The molecule has 1 heterocycles. The van der Waals surface area contributed by atoms with Gasteiger partial charge in [-0.05, 0) is 18.8 Å². The number of aliphatic hydroxyl groups is 1. The van der Waals surface area contributed by atoms with Crippen LogP contribution in [-0.4, -0.2) is 48.3 Å². The lowest BCUT2D eigenvalue weighted by molar-refractivity contribution is -0.146. The summed E-state index contributed by atoms with van der Waals surface area (Å²) in [7, 11) is 1.45. The number of nitrogens with zero attached hydrogens (tertiary/aromatic N) is 1. The van der Waals surface area contributed by atoms with Crippen LogP contribution in [0.1, 0.15) is 39.0 Å². The molecule has 2 atom stereocenters. The summed E-state index contributed by atoms with van der Waals surface area (Å²) in [6.45, 7) is 4.43. The van der Waals surface area contributed by atoms with Gasteiger partial charge in [0, 0.05) is 19.6 Å². The molecular weight excluding hydrogens is 230 g/mol. The van der Waals surface area contributed by atoms with E-state index in [4.69, 9.17) is 4.74 Å². The fourth-order valence-electron chi connectivity index (χ4n) is 3.44. The Kier molecular flexibility index (Phi) is 4.28. The van der Waals surface area contributed by atoms with Gasteiger partial charge < -0.3 is 9.84 Å². The standard InChI is InChI=1S/C14H25NO3/c1-11-8-15(9-12(11)13(16)18-2)10-14(17)6-4-3-5-7-14/h11-12,17H,3-10H2,1-2H3. The maximum atomic E-state index is 11.6. The van der Waals surface area contributed by atoms with Gasteiger partial charge >= 0.3 is 5.97 Å². The van der Waals surface area contributed by atoms with Crippen LogP contribution >= 0.6 is 0 Å². The topological polar surface area (TPSA) is 49.8 Å². The number of hydrogen-bond acceptors (Lipinski definition) is 4. The fraction of sp³-hybridized carbons (Fsp3) is 0.929. The Balaban J connectivity index is 1.90. The number of methoxy groups -OCH3 is 1. The van der Waals surface area contributed by atoms with Crippen molar-refractivity contribution in [3.8, 4) is 0 Å². The van der Waals surface area contributed by atoms with E-state index in [9.17, 15) is 9.90 Å². The van der Waals surface area contributed by atoms with Crippen molar-refractivity contribution in [1.29, 1.82) is 0 Å². The molecular formula is C14H25NO3. The largest absolute Gasteiger partial charge is 0.469 e. The van der Waals surface area contributed by atoms with Crippen LogP contribution in [0.15, 0.2) is 0 Å². The molecule has 2 unspecified atom stereocenters. The SMILES string of the molecule is COC(=O)C1CN(CC2(O)CCCCC2)CC1C. The molecule has 0 aromatic carbocycles. The van der Waals surface area contributed by atoms with Gasteiger partial charge in [0.05, 0.1) is 18.6 Å². The highest BCUT2D eigenvalue weighted by atomic mass is 16.5. The average molecular weight is 255 g/mol. The van der Waals surface area contributed by atoms with E-state index in [0.29, 0.717) is 12.5 Å². The van der Waals surface area contributed by atoms with Gasteiger partial charge in [-0.25, -0.2) is 0 Å². The molecule has 1 saturated heterocycles. The number of hydrogen-bond donors (Lipinski definition) is 1. The van der Waals surface area contributed by atoms with E-state index < -0.39 is 5.60 Å². The van der Waals surface area contributed by atoms with Crippen molar-refractivity contribution in [3.63, 3.8) is 0 Å². The third-order valence-corrected chi connectivity index (χ3v) is 4.49. The summed E-state index contributed by atoms with van der Waals surface area (Å²) in [5, 5.41) is 10.5. The summed E-state index contributed by atoms with van der Waals surface area (Å²) in [6, 6.07) is 0. The second-order valence-electron chi connectivity index (χ2n) is 6.09. The van der Waals surface area contributed by atoms with E-state index in [1.807, 2.05) is 0 Å². The molecule has 2 rings (SSSR count). The number of carbonyl (C=O) groups excluding carboxylic acids is 1. The number of likely N-dealkylation sites (tertiary alicyclic amines) is 1. The van der Waals surface area contributed by atoms with Crippen molar-refractivity contribution in [2.75, 3.05) is 26.7 Å². The van der Waals surface area contributed by atoms with Crippen LogP contribution < -0.4 is 0 Å². The monoisotopic (exact) mass is 255 g/mol. The van der Waals surface area contributed by atoms with Crippen LogP contribution in [0.5, 0.6) is 0 Å². The Morgan fingerprint density at radius 1 is 1.33 bits per heavy atom. The van der Waals surface area contributed by atoms with E-state index >= 15 is 0 Å². The average Bonchev–Trinajstić information content (AvgIpc) is 2.69. The third-order valence-electron chi connectivity index (χ3n) is 4.49. The van der Waals surface area contributed by atoms with Crippen LogP contribution in [0.2, 0.25) is 0 Å². The Morgan fingerprint density at radius 3 is 2.61 bits per heavy atom. The van der Waals surface area contributed by atoms with Crippen molar-refractivity contribution in [1.82, 2.24) is 4.90 Å².